The number of carboxylic acid groups (broad SMARTS) is 1. The summed E-state index contributed by atoms with van der Waals surface area (Å²) >= 11 is 0. The number of hydrogen-bond acceptors (Lipinski definition) is 3. The zero-order valence-corrected chi connectivity index (χ0v) is 23.1. The molecule has 1 aliphatic carbocycles. The van der Waals surface area contributed by atoms with Gasteiger partial charge >= 0.3 is 12.1 Å². The van der Waals surface area contributed by atoms with Gasteiger partial charge in [-0.25, -0.2) is 4.79 Å². The maximum absolute atomic E-state index is 12.3. The van der Waals surface area contributed by atoms with Crippen LogP contribution in [0.25, 0.3) is 11.1 Å². The number of ether oxygens (including phenoxy) is 1. The predicted molar refractivity (Wildman–Crippen MR) is 155 cm³/mol. The van der Waals surface area contributed by atoms with E-state index in [2.05, 4.69) is 53.8 Å². The van der Waals surface area contributed by atoms with Crippen LogP contribution in [-0.4, -0.2) is 30.3 Å². The van der Waals surface area contributed by atoms with Gasteiger partial charge in [0.1, 0.15) is 6.61 Å². The van der Waals surface area contributed by atoms with Crippen molar-refractivity contribution in [3.8, 4) is 11.1 Å². The molecule has 0 spiro atoms. The molecule has 0 saturated heterocycles. The van der Waals surface area contributed by atoms with Crippen LogP contribution in [0.5, 0.6) is 0 Å². The first-order chi connectivity index (χ1) is 18.7. The lowest BCUT2D eigenvalue weighted by molar-refractivity contribution is -0.137. The third-order valence-corrected chi connectivity index (χ3v) is 7.68. The lowest BCUT2D eigenvalue weighted by Crippen LogP contribution is -2.27. The summed E-state index contributed by atoms with van der Waals surface area (Å²) in [6.07, 6.45) is 18.2. The van der Waals surface area contributed by atoms with Crippen LogP contribution in [0.3, 0.4) is 0 Å². The summed E-state index contributed by atoms with van der Waals surface area (Å²) in [5.74, 6) is -0.567. The number of benzene rings is 2. The Labute approximate surface area is 229 Å². The van der Waals surface area contributed by atoms with Crippen LogP contribution >= 0.6 is 0 Å². The molecule has 5 heteroatoms. The summed E-state index contributed by atoms with van der Waals surface area (Å²) in [5, 5.41) is 11.6. The van der Waals surface area contributed by atoms with Gasteiger partial charge in [-0.15, -0.1) is 0 Å². The van der Waals surface area contributed by atoms with Gasteiger partial charge in [-0.3, -0.25) is 4.79 Å². The van der Waals surface area contributed by atoms with Crippen LogP contribution in [0.2, 0.25) is 0 Å². The molecule has 1 aliphatic rings. The van der Waals surface area contributed by atoms with Gasteiger partial charge in [0.15, 0.2) is 0 Å². The minimum atomic E-state index is -0.673. The molecule has 2 aromatic carbocycles. The van der Waals surface area contributed by atoms with Crippen molar-refractivity contribution in [2.24, 2.45) is 0 Å². The number of aliphatic carboxylic acids is 1. The summed E-state index contributed by atoms with van der Waals surface area (Å²) in [5.41, 5.74) is 4.97. The first-order valence-corrected chi connectivity index (χ1v) is 15.0. The molecule has 0 aromatic heterocycles. The minimum absolute atomic E-state index is 0.106. The molecule has 38 heavy (non-hydrogen) atoms. The zero-order chi connectivity index (χ0) is 26.8. The Morgan fingerprint density at radius 2 is 1.05 bits per heavy atom. The maximum atomic E-state index is 12.3. The van der Waals surface area contributed by atoms with Gasteiger partial charge in [0.2, 0.25) is 0 Å². The fourth-order valence-electron chi connectivity index (χ4n) is 5.54. The van der Waals surface area contributed by atoms with Crippen LogP contribution < -0.4 is 5.32 Å². The van der Waals surface area contributed by atoms with Crippen molar-refractivity contribution < 1.29 is 19.4 Å². The second-order valence-electron chi connectivity index (χ2n) is 10.7. The Morgan fingerprint density at radius 3 is 1.53 bits per heavy atom. The molecule has 2 aromatic rings. The number of carbonyl (C=O) groups excluding carboxylic acids is 1. The van der Waals surface area contributed by atoms with E-state index in [1.807, 2.05) is 0 Å². The number of unbranched alkanes of at least 4 members (excludes halogenated alkanes) is 14. The van der Waals surface area contributed by atoms with E-state index < -0.39 is 5.97 Å². The van der Waals surface area contributed by atoms with E-state index in [9.17, 15) is 9.59 Å². The van der Waals surface area contributed by atoms with Gasteiger partial charge in [0.25, 0.3) is 0 Å². The summed E-state index contributed by atoms with van der Waals surface area (Å²) in [7, 11) is 0. The van der Waals surface area contributed by atoms with Crippen LogP contribution in [0.4, 0.5) is 4.79 Å². The number of rotatable bonds is 20. The highest BCUT2D eigenvalue weighted by atomic mass is 16.5. The number of hydrogen-bond donors (Lipinski definition) is 2. The number of fused-ring (bicyclic) bond motifs is 3. The first-order valence-electron chi connectivity index (χ1n) is 15.0. The fraction of sp³-hybridized carbons (Fsp3) is 0.576. The van der Waals surface area contributed by atoms with E-state index in [1.165, 1.54) is 92.9 Å². The predicted octanol–water partition coefficient (Wildman–Crippen LogP) is 8.85. The van der Waals surface area contributed by atoms with E-state index >= 15 is 0 Å². The lowest BCUT2D eigenvalue weighted by atomic mass is 9.98. The van der Waals surface area contributed by atoms with Crippen molar-refractivity contribution in [2.75, 3.05) is 13.2 Å². The molecule has 0 aliphatic heterocycles. The highest BCUT2D eigenvalue weighted by Crippen LogP contribution is 2.44. The van der Waals surface area contributed by atoms with E-state index in [4.69, 9.17) is 9.84 Å². The highest BCUT2D eigenvalue weighted by Gasteiger charge is 2.28. The van der Waals surface area contributed by atoms with Gasteiger partial charge in [0, 0.05) is 18.9 Å². The molecule has 5 nitrogen and oxygen atoms in total. The normalized spacial score (nSPS) is 12.2. The number of carbonyl (C=O) groups is 2. The third-order valence-electron chi connectivity index (χ3n) is 7.68. The highest BCUT2D eigenvalue weighted by molar-refractivity contribution is 5.79. The van der Waals surface area contributed by atoms with E-state index in [0.717, 1.165) is 25.7 Å². The summed E-state index contributed by atoms with van der Waals surface area (Å²) in [6, 6.07) is 16.8. The lowest BCUT2D eigenvalue weighted by Gasteiger charge is -2.14. The van der Waals surface area contributed by atoms with Crippen LogP contribution in [0, 0.1) is 0 Å². The van der Waals surface area contributed by atoms with Crippen molar-refractivity contribution in [1.82, 2.24) is 5.32 Å². The molecule has 0 heterocycles. The molecular weight excluding hydrogens is 474 g/mol. The maximum Gasteiger partial charge on any atom is 0.407 e. The number of nitrogens with one attached hydrogen (secondary N) is 1. The number of amides is 1. The average Bonchev–Trinajstić information content (AvgIpc) is 3.24. The molecule has 2 N–H and O–H groups in total. The van der Waals surface area contributed by atoms with E-state index in [-0.39, 0.29) is 12.0 Å². The minimum Gasteiger partial charge on any atom is -0.481 e. The van der Waals surface area contributed by atoms with Gasteiger partial charge in [0.05, 0.1) is 0 Å². The van der Waals surface area contributed by atoms with Crippen molar-refractivity contribution >= 4 is 12.1 Å². The topological polar surface area (TPSA) is 75.6 Å². The van der Waals surface area contributed by atoms with Crippen molar-refractivity contribution in [3.63, 3.8) is 0 Å². The van der Waals surface area contributed by atoms with Crippen molar-refractivity contribution in [3.05, 3.63) is 59.7 Å². The SMILES string of the molecule is O=C(O)CCCCCCCCCCCCCCCCCNC(=O)OCC1c2ccccc2-c2ccccc21. The molecular formula is C33H47NO4. The first kappa shape index (κ1) is 29.7. The van der Waals surface area contributed by atoms with E-state index in [0.29, 0.717) is 19.6 Å². The molecule has 3 rings (SSSR count). The Bertz CT molecular complexity index is 927. The molecule has 0 bridgehead atoms. The fourth-order valence-corrected chi connectivity index (χ4v) is 5.54. The third kappa shape index (κ3) is 10.5. The van der Waals surface area contributed by atoms with Gasteiger partial charge in [-0.1, -0.05) is 132 Å². The summed E-state index contributed by atoms with van der Waals surface area (Å²) in [6.45, 7) is 1.05. The summed E-state index contributed by atoms with van der Waals surface area (Å²) < 4.78 is 5.61. The summed E-state index contributed by atoms with van der Waals surface area (Å²) in [4.78, 5) is 22.7. The second kappa shape index (κ2) is 17.6. The number of carboxylic acids is 1. The standard InChI is InChI=1S/C33H47NO4/c35-32(36)24-14-12-10-8-6-4-2-1-3-5-7-9-11-13-19-25-34-33(37)38-26-31-29-22-17-15-20-27(29)28-21-16-18-23-30(28)31/h15-18,20-23,31H,1-14,19,24-26H2,(H,34,37)(H,35,36). The smallest absolute Gasteiger partial charge is 0.407 e. The van der Waals surface area contributed by atoms with Gasteiger partial charge in [-0.05, 0) is 35.1 Å². The van der Waals surface area contributed by atoms with Crippen molar-refractivity contribution in [2.45, 2.75) is 109 Å². The number of alkyl carbamates (subject to hydrolysis) is 1. The van der Waals surface area contributed by atoms with Crippen molar-refractivity contribution in [1.29, 1.82) is 0 Å². The van der Waals surface area contributed by atoms with E-state index in [1.54, 1.807) is 0 Å². The quantitative estimate of drug-likeness (QED) is 0.171. The molecule has 1 amide bonds. The van der Waals surface area contributed by atoms with Crippen LogP contribution in [0.15, 0.2) is 48.5 Å². The Kier molecular flexibility index (Phi) is 13.8. The van der Waals surface area contributed by atoms with Gasteiger partial charge < -0.3 is 15.2 Å². The Hall–Kier alpha value is -2.82. The second-order valence-corrected chi connectivity index (χ2v) is 10.7. The van der Waals surface area contributed by atoms with Crippen LogP contribution in [-0.2, 0) is 9.53 Å². The molecule has 0 radical (unpaired) electrons. The molecule has 0 unspecified atom stereocenters. The monoisotopic (exact) mass is 521 g/mol. The molecule has 0 fully saturated rings. The van der Waals surface area contributed by atoms with Gasteiger partial charge in [-0.2, -0.15) is 0 Å². The molecule has 0 saturated carbocycles. The average molecular weight is 522 g/mol. The largest absolute Gasteiger partial charge is 0.481 e. The van der Waals surface area contributed by atoms with Crippen LogP contribution in [0.1, 0.15) is 120 Å². The Balaban J connectivity index is 1.11. The molecule has 208 valence electrons. The Morgan fingerprint density at radius 1 is 0.632 bits per heavy atom. The molecule has 0 atom stereocenters. The zero-order valence-electron chi connectivity index (χ0n) is 23.1.